The molecule has 0 radical (unpaired) electrons. The summed E-state index contributed by atoms with van der Waals surface area (Å²) < 4.78 is 8.87. The van der Waals surface area contributed by atoms with Crippen LogP contribution in [0.15, 0.2) is 156 Å². The van der Waals surface area contributed by atoms with E-state index in [2.05, 4.69) is 164 Å². The molecule has 0 fully saturated rings. The zero-order chi connectivity index (χ0) is 33.8. The molecular formula is C49H35NO. The molecule has 0 aliphatic heterocycles. The summed E-state index contributed by atoms with van der Waals surface area (Å²) in [5, 5.41) is 7.42. The predicted octanol–water partition coefficient (Wildman–Crippen LogP) is 13.5. The first-order chi connectivity index (χ1) is 25.1. The summed E-state index contributed by atoms with van der Waals surface area (Å²) in [6.45, 7) is 4.78. The molecule has 0 saturated carbocycles. The van der Waals surface area contributed by atoms with Crippen LogP contribution in [0.2, 0.25) is 0 Å². The van der Waals surface area contributed by atoms with Crippen LogP contribution in [0.3, 0.4) is 0 Å². The standard InChI is InChI=1S/C49H35NO/c1-49(2)41-21-11-8-19-36(41)46-42(49)29-39(32-24-25-45-40(27-32)35-18-10-13-23-44(35)51-45)48-47(46)37-20-9-12-22-43(37)50(48)33-26-31-16-6-7-17-34(31)38(28-33)30-14-4-3-5-15-30/h4,6-29H,3,5H2,1-2H3. The third-order valence-electron chi connectivity index (χ3n) is 11.6. The van der Waals surface area contributed by atoms with Crippen molar-refractivity contribution in [3.8, 4) is 27.9 Å². The molecule has 0 spiro atoms. The van der Waals surface area contributed by atoms with Crippen molar-refractivity contribution in [3.63, 3.8) is 0 Å². The maximum absolute atomic E-state index is 6.32. The Labute approximate surface area is 296 Å². The molecule has 7 aromatic carbocycles. The smallest absolute Gasteiger partial charge is 0.135 e. The van der Waals surface area contributed by atoms with Gasteiger partial charge in [-0.1, -0.05) is 123 Å². The van der Waals surface area contributed by atoms with E-state index in [1.54, 1.807) is 0 Å². The minimum atomic E-state index is -0.152. The van der Waals surface area contributed by atoms with Crippen molar-refractivity contribution in [2.24, 2.45) is 0 Å². The number of fused-ring (bicyclic) bond motifs is 11. The van der Waals surface area contributed by atoms with Crippen LogP contribution in [0.25, 0.3) is 88.0 Å². The number of para-hydroxylation sites is 2. The van der Waals surface area contributed by atoms with Gasteiger partial charge in [-0.15, -0.1) is 0 Å². The highest BCUT2D eigenvalue weighted by Gasteiger charge is 2.38. The summed E-state index contributed by atoms with van der Waals surface area (Å²) in [6.07, 6.45) is 9.18. The predicted molar refractivity (Wildman–Crippen MR) is 215 cm³/mol. The topological polar surface area (TPSA) is 18.1 Å². The third kappa shape index (κ3) is 3.99. The second-order valence-corrected chi connectivity index (χ2v) is 14.8. The highest BCUT2D eigenvalue weighted by Crippen LogP contribution is 2.55. The number of allylic oxidation sites excluding steroid dienone is 4. The number of nitrogens with zero attached hydrogens (tertiary/aromatic N) is 1. The van der Waals surface area contributed by atoms with Crippen molar-refractivity contribution in [2.45, 2.75) is 32.1 Å². The fourth-order valence-corrected chi connectivity index (χ4v) is 9.19. The highest BCUT2D eigenvalue weighted by atomic mass is 16.3. The Kier molecular flexibility index (Phi) is 5.88. The third-order valence-corrected chi connectivity index (χ3v) is 11.6. The molecule has 2 nitrogen and oxygen atoms in total. The number of furan rings is 1. The first kappa shape index (κ1) is 28.7. The fraction of sp³-hybridized carbons (Fsp3) is 0.102. The number of benzene rings is 7. The Morgan fingerprint density at radius 2 is 1.35 bits per heavy atom. The number of hydrogen-bond acceptors (Lipinski definition) is 1. The Morgan fingerprint density at radius 1 is 0.588 bits per heavy atom. The summed E-state index contributed by atoms with van der Waals surface area (Å²) >= 11 is 0. The van der Waals surface area contributed by atoms with Crippen LogP contribution in [-0.2, 0) is 5.41 Å². The van der Waals surface area contributed by atoms with E-state index in [1.807, 2.05) is 6.07 Å². The van der Waals surface area contributed by atoms with Crippen LogP contribution in [-0.4, -0.2) is 4.57 Å². The molecular weight excluding hydrogens is 619 g/mol. The molecule has 0 bridgehead atoms. The summed E-state index contributed by atoms with van der Waals surface area (Å²) in [5.41, 5.74) is 15.8. The lowest BCUT2D eigenvalue weighted by molar-refractivity contribution is 0.661. The van der Waals surface area contributed by atoms with Crippen molar-refractivity contribution in [3.05, 3.63) is 168 Å². The fourth-order valence-electron chi connectivity index (χ4n) is 9.19. The summed E-state index contributed by atoms with van der Waals surface area (Å²) in [6, 6.07) is 49.4. The highest BCUT2D eigenvalue weighted by molar-refractivity contribution is 6.22. The van der Waals surface area contributed by atoms with Gasteiger partial charge in [0.2, 0.25) is 0 Å². The van der Waals surface area contributed by atoms with Crippen LogP contribution in [0.5, 0.6) is 0 Å². The van der Waals surface area contributed by atoms with Gasteiger partial charge in [-0.2, -0.15) is 0 Å². The van der Waals surface area contributed by atoms with Crippen molar-refractivity contribution in [1.82, 2.24) is 4.57 Å². The maximum atomic E-state index is 6.32. The lowest BCUT2D eigenvalue weighted by atomic mass is 9.81. The molecule has 0 saturated heterocycles. The molecule has 2 aliphatic rings. The van der Waals surface area contributed by atoms with Gasteiger partial charge in [-0.3, -0.25) is 0 Å². The SMILES string of the molecule is CC1(C)c2ccccc2-c2c1cc(-c1ccc3oc4ccccc4c3c1)c1c2c2ccccc2n1-c1cc(C2=CCCC=C2)c2ccccc2c1. The second kappa shape index (κ2) is 10.4. The first-order valence-electron chi connectivity index (χ1n) is 18.1. The molecule has 242 valence electrons. The van der Waals surface area contributed by atoms with E-state index in [0.717, 1.165) is 34.8 Å². The minimum absolute atomic E-state index is 0.152. The average Bonchev–Trinajstić information content (AvgIpc) is 3.80. The average molecular weight is 654 g/mol. The van der Waals surface area contributed by atoms with Crippen LogP contribution in [0.1, 0.15) is 43.4 Å². The van der Waals surface area contributed by atoms with E-state index in [0.29, 0.717) is 0 Å². The van der Waals surface area contributed by atoms with E-state index in [4.69, 9.17) is 4.42 Å². The maximum Gasteiger partial charge on any atom is 0.135 e. The van der Waals surface area contributed by atoms with E-state index in [1.165, 1.54) is 82.8 Å². The van der Waals surface area contributed by atoms with Crippen molar-refractivity contribution in [1.29, 1.82) is 0 Å². The quantitative estimate of drug-likeness (QED) is 0.186. The van der Waals surface area contributed by atoms with Gasteiger partial charge in [0.05, 0.1) is 11.0 Å². The van der Waals surface area contributed by atoms with E-state index in [-0.39, 0.29) is 5.41 Å². The monoisotopic (exact) mass is 653 g/mol. The van der Waals surface area contributed by atoms with Gasteiger partial charge in [0.25, 0.3) is 0 Å². The van der Waals surface area contributed by atoms with Crippen molar-refractivity contribution >= 4 is 60.1 Å². The van der Waals surface area contributed by atoms with Gasteiger partial charge in [0, 0.05) is 38.2 Å². The van der Waals surface area contributed by atoms with Gasteiger partial charge in [0.15, 0.2) is 0 Å². The summed E-state index contributed by atoms with van der Waals surface area (Å²) in [5.74, 6) is 0. The number of rotatable bonds is 3. The minimum Gasteiger partial charge on any atom is -0.456 e. The Balaban J connectivity index is 1.32. The first-order valence-corrected chi connectivity index (χ1v) is 18.1. The van der Waals surface area contributed by atoms with Crippen LogP contribution < -0.4 is 0 Å². The lowest BCUT2D eigenvalue weighted by Crippen LogP contribution is -2.15. The van der Waals surface area contributed by atoms with Gasteiger partial charge in [-0.05, 0) is 105 Å². The molecule has 2 aromatic heterocycles. The van der Waals surface area contributed by atoms with E-state index < -0.39 is 0 Å². The zero-order valence-electron chi connectivity index (χ0n) is 28.7. The van der Waals surface area contributed by atoms with Crippen LogP contribution in [0.4, 0.5) is 0 Å². The summed E-state index contributed by atoms with van der Waals surface area (Å²) in [7, 11) is 0. The molecule has 2 aliphatic carbocycles. The molecule has 0 amide bonds. The molecule has 0 unspecified atom stereocenters. The van der Waals surface area contributed by atoms with E-state index >= 15 is 0 Å². The number of aromatic nitrogens is 1. The van der Waals surface area contributed by atoms with E-state index in [9.17, 15) is 0 Å². The molecule has 0 atom stereocenters. The zero-order valence-corrected chi connectivity index (χ0v) is 28.7. The van der Waals surface area contributed by atoms with Crippen molar-refractivity contribution in [2.75, 3.05) is 0 Å². The van der Waals surface area contributed by atoms with Gasteiger partial charge in [0.1, 0.15) is 11.2 Å². The largest absolute Gasteiger partial charge is 0.456 e. The Hall–Kier alpha value is -6.12. The Bertz CT molecular complexity index is 3000. The molecule has 11 rings (SSSR count). The lowest BCUT2D eigenvalue weighted by Gasteiger charge is -2.23. The molecule has 51 heavy (non-hydrogen) atoms. The second-order valence-electron chi connectivity index (χ2n) is 14.8. The van der Waals surface area contributed by atoms with Crippen molar-refractivity contribution < 1.29 is 4.42 Å². The molecule has 2 heterocycles. The number of hydrogen-bond donors (Lipinski definition) is 0. The van der Waals surface area contributed by atoms with Gasteiger partial charge < -0.3 is 8.98 Å². The molecule has 2 heteroatoms. The van der Waals surface area contributed by atoms with Gasteiger partial charge >= 0.3 is 0 Å². The molecule has 0 N–H and O–H groups in total. The van der Waals surface area contributed by atoms with Gasteiger partial charge in [-0.25, -0.2) is 0 Å². The van der Waals surface area contributed by atoms with Crippen LogP contribution in [0, 0.1) is 0 Å². The van der Waals surface area contributed by atoms with Crippen LogP contribution >= 0.6 is 0 Å². The Morgan fingerprint density at radius 3 is 2.24 bits per heavy atom. The summed E-state index contributed by atoms with van der Waals surface area (Å²) in [4.78, 5) is 0. The molecule has 9 aromatic rings. The normalized spacial score (nSPS) is 14.9.